The van der Waals surface area contributed by atoms with Crippen LogP contribution in [-0.2, 0) is 4.74 Å². The third-order valence-corrected chi connectivity index (χ3v) is 2.78. The van der Waals surface area contributed by atoms with Crippen molar-refractivity contribution < 1.29 is 14.3 Å². The Morgan fingerprint density at radius 2 is 2.59 bits per heavy atom. The number of carbonyl (C=O) groups is 1. The summed E-state index contributed by atoms with van der Waals surface area (Å²) in [4.78, 5) is 15.9. The van der Waals surface area contributed by atoms with Gasteiger partial charge in [-0.15, -0.1) is 0 Å². The molecule has 0 radical (unpaired) electrons. The minimum absolute atomic E-state index is 0.151. The zero-order valence-electron chi connectivity index (χ0n) is 9.81. The molecule has 0 saturated carbocycles. The van der Waals surface area contributed by atoms with E-state index in [0.29, 0.717) is 23.9 Å². The molecule has 5 nitrogen and oxygen atoms in total. The maximum Gasteiger partial charge on any atom is 0.256 e. The van der Waals surface area contributed by atoms with Crippen LogP contribution in [0.3, 0.4) is 0 Å². The summed E-state index contributed by atoms with van der Waals surface area (Å²) in [5, 5.41) is 2.88. The van der Waals surface area contributed by atoms with Gasteiger partial charge in [-0.3, -0.25) is 4.79 Å². The number of hydrogen-bond donors (Lipinski definition) is 1. The fraction of sp³-hybridized carbons (Fsp3) is 0.500. The Hall–Kier alpha value is -1.62. The van der Waals surface area contributed by atoms with E-state index in [4.69, 9.17) is 9.47 Å². The van der Waals surface area contributed by atoms with E-state index in [9.17, 15) is 4.79 Å². The Morgan fingerprint density at radius 1 is 1.71 bits per heavy atom. The van der Waals surface area contributed by atoms with E-state index in [-0.39, 0.29) is 5.91 Å². The average Bonchev–Trinajstić information content (AvgIpc) is 2.89. The second kappa shape index (κ2) is 5.63. The molecule has 92 valence electrons. The normalized spacial score (nSPS) is 19.0. The first-order chi connectivity index (χ1) is 8.31. The summed E-state index contributed by atoms with van der Waals surface area (Å²) in [6.45, 7) is 2.15. The highest BCUT2D eigenvalue weighted by Crippen LogP contribution is 2.14. The van der Waals surface area contributed by atoms with Crippen LogP contribution >= 0.6 is 0 Å². The molecular formula is C12H16N2O3. The Kier molecular flexibility index (Phi) is 3.93. The van der Waals surface area contributed by atoms with E-state index < -0.39 is 0 Å². The molecule has 0 aliphatic carbocycles. The number of ether oxygens (including phenoxy) is 2. The Labute approximate surface area is 100 Å². The lowest BCUT2D eigenvalue weighted by atomic mass is 10.1. The highest BCUT2D eigenvalue weighted by atomic mass is 16.5. The molecule has 1 atom stereocenters. The number of hydrogen-bond acceptors (Lipinski definition) is 4. The first-order valence-corrected chi connectivity index (χ1v) is 5.66. The molecule has 0 aromatic carbocycles. The third-order valence-electron chi connectivity index (χ3n) is 2.78. The van der Waals surface area contributed by atoms with Crippen molar-refractivity contribution in [3.63, 3.8) is 0 Å². The van der Waals surface area contributed by atoms with Gasteiger partial charge in [0.1, 0.15) is 5.56 Å². The van der Waals surface area contributed by atoms with Gasteiger partial charge in [0.05, 0.1) is 13.7 Å². The Bertz CT molecular complexity index is 389. The average molecular weight is 236 g/mol. The lowest BCUT2D eigenvalue weighted by molar-refractivity contribution is 0.0941. The zero-order valence-corrected chi connectivity index (χ0v) is 9.81. The number of rotatable bonds is 4. The highest BCUT2D eigenvalue weighted by Gasteiger charge is 2.18. The van der Waals surface area contributed by atoms with Crippen molar-refractivity contribution in [2.75, 3.05) is 26.9 Å². The van der Waals surface area contributed by atoms with E-state index in [1.165, 1.54) is 7.11 Å². The van der Waals surface area contributed by atoms with Crippen LogP contribution in [0.15, 0.2) is 18.3 Å². The molecule has 2 heterocycles. The van der Waals surface area contributed by atoms with E-state index in [1.54, 1.807) is 18.3 Å². The fourth-order valence-electron chi connectivity index (χ4n) is 1.80. The Morgan fingerprint density at radius 3 is 3.29 bits per heavy atom. The molecule has 0 bridgehead atoms. The lowest BCUT2D eigenvalue weighted by Crippen LogP contribution is -2.29. The molecule has 1 N–H and O–H groups in total. The number of methoxy groups -OCH3 is 1. The highest BCUT2D eigenvalue weighted by molar-refractivity contribution is 5.96. The fourth-order valence-corrected chi connectivity index (χ4v) is 1.80. The molecule has 1 saturated heterocycles. The van der Waals surface area contributed by atoms with Gasteiger partial charge in [-0.2, -0.15) is 0 Å². The van der Waals surface area contributed by atoms with Crippen LogP contribution in [0.2, 0.25) is 0 Å². The van der Waals surface area contributed by atoms with Crippen LogP contribution in [0.25, 0.3) is 0 Å². The third kappa shape index (κ3) is 2.94. The standard InChI is InChI=1S/C12H16N2O3/c1-16-12-10(3-2-5-13-12)11(15)14-7-9-4-6-17-8-9/h2-3,5,9H,4,6-8H2,1H3,(H,14,15). The van der Waals surface area contributed by atoms with Crippen molar-refractivity contribution >= 4 is 5.91 Å². The predicted octanol–water partition coefficient (Wildman–Crippen LogP) is 0.856. The monoisotopic (exact) mass is 236 g/mol. The quantitative estimate of drug-likeness (QED) is 0.842. The summed E-state index contributed by atoms with van der Waals surface area (Å²) in [5.41, 5.74) is 0.467. The summed E-state index contributed by atoms with van der Waals surface area (Å²) in [5.74, 6) is 0.621. The van der Waals surface area contributed by atoms with E-state index >= 15 is 0 Å². The smallest absolute Gasteiger partial charge is 0.256 e. The van der Waals surface area contributed by atoms with Crippen molar-refractivity contribution in [2.45, 2.75) is 6.42 Å². The van der Waals surface area contributed by atoms with Gasteiger partial charge in [0.15, 0.2) is 0 Å². The molecule has 17 heavy (non-hydrogen) atoms. The minimum Gasteiger partial charge on any atom is -0.480 e. The van der Waals surface area contributed by atoms with Gasteiger partial charge in [-0.05, 0) is 18.6 Å². The number of amides is 1. The maximum atomic E-state index is 11.9. The van der Waals surface area contributed by atoms with Gasteiger partial charge in [0.2, 0.25) is 5.88 Å². The summed E-state index contributed by atoms with van der Waals surface area (Å²) < 4.78 is 10.3. The first-order valence-electron chi connectivity index (χ1n) is 5.66. The van der Waals surface area contributed by atoms with Crippen LogP contribution in [-0.4, -0.2) is 37.8 Å². The first kappa shape index (κ1) is 11.9. The number of aromatic nitrogens is 1. The maximum absolute atomic E-state index is 11.9. The summed E-state index contributed by atoms with van der Waals surface area (Å²) >= 11 is 0. The van der Waals surface area contributed by atoms with E-state index in [0.717, 1.165) is 19.6 Å². The number of pyridine rings is 1. The Balaban J connectivity index is 1.94. The number of nitrogens with one attached hydrogen (secondary N) is 1. The summed E-state index contributed by atoms with van der Waals surface area (Å²) in [6.07, 6.45) is 2.60. The van der Waals surface area contributed by atoms with Crippen molar-refractivity contribution in [3.05, 3.63) is 23.9 Å². The summed E-state index contributed by atoms with van der Waals surface area (Å²) in [7, 11) is 1.50. The molecular weight excluding hydrogens is 220 g/mol. The van der Waals surface area contributed by atoms with Crippen LogP contribution < -0.4 is 10.1 Å². The molecule has 1 aromatic rings. The van der Waals surface area contributed by atoms with Crippen molar-refractivity contribution in [1.82, 2.24) is 10.3 Å². The molecule has 1 aromatic heterocycles. The predicted molar refractivity (Wildman–Crippen MR) is 62.0 cm³/mol. The van der Waals surface area contributed by atoms with Crippen LogP contribution in [0, 0.1) is 5.92 Å². The molecule has 2 rings (SSSR count). The molecule has 1 unspecified atom stereocenters. The number of carbonyl (C=O) groups excluding carboxylic acids is 1. The van der Waals surface area contributed by atoms with E-state index in [2.05, 4.69) is 10.3 Å². The second-order valence-corrected chi connectivity index (χ2v) is 4.00. The second-order valence-electron chi connectivity index (χ2n) is 4.00. The van der Waals surface area contributed by atoms with Crippen molar-refractivity contribution in [3.8, 4) is 5.88 Å². The largest absolute Gasteiger partial charge is 0.480 e. The van der Waals surface area contributed by atoms with Gasteiger partial charge in [0, 0.05) is 25.3 Å². The molecule has 1 fully saturated rings. The van der Waals surface area contributed by atoms with Gasteiger partial charge < -0.3 is 14.8 Å². The lowest BCUT2D eigenvalue weighted by Gasteiger charge is -2.10. The van der Waals surface area contributed by atoms with Gasteiger partial charge in [-0.1, -0.05) is 0 Å². The van der Waals surface area contributed by atoms with Gasteiger partial charge in [0.25, 0.3) is 5.91 Å². The molecule has 1 amide bonds. The van der Waals surface area contributed by atoms with Crippen molar-refractivity contribution in [2.24, 2.45) is 5.92 Å². The molecule has 5 heteroatoms. The molecule has 0 spiro atoms. The number of nitrogens with zero attached hydrogens (tertiary/aromatic N) is 1. The SMILES string of the molecule is COc1ncccc1C(=O)NCC1CCOC1. The van der Waals surface area contributed by atoms with Gasteiger partial charge >= 0.3 is 0 Å². The van der Waals surface area contributed by atoms with Crippen molar-refractivity contribution in [1.29, 1.82) is 0 Å². The van der Waals surface area contributed by atoms with Crippen LogP contribution in [0.4, 0.5) is 0 Å². The van der Waals surface area contributed by atoms with Crippen LogP contribution in [0.1, 0.15) is 16.8 Å². The topological polar surface area (TPSA) is 60.5 Å². The molecule has 1 aliphatic rings. The minimum atomic E-state index is -0.151. The zero-order chi connectivity index (χ0) is 12.1. The molecule has 1 aliphatic heterocycles. The summed E-state index contributed by atoms with van der Waals surface area (Å²) in [6, 6.07) is 3.42. The van der Waals surface area contributed by atoms with Crippen LogP contribution in [0.5, 0.6) is 5.88 Å². The van der Waals surface area contributed by atoms with Gasteiger partial charge in [-0.25, -0.2) is 4.98 Å². The van der Waals surface area contributed by atoms with E-state index in [1.807, 2.05) is 0 Å².